The molecule has 1 saturated heterocycles. The summed E-state index contributed by atoms with van der Waals surface area (Å²) in [4.78, 5) is 8.27. The Kier molecular flexibility index (Phi) is 5.01. The van der Waals surface area contributed by atoms with Crippen LogP contribution in [0.15, 0.2) is 42.6 Å². The van der Waals surface area contributed by atoms with Gasteiger partial charge in [0, 0.05) is 30.9 Å². The molecule has 1 aromatic heterocycles. The highest BCUT2D eigenvalue weighted by Gasteiger charge is 2.36. The number of hydrogen-bond donors (Lipinski definition) is 2. The zero-order valence-electron chi connectivity index (χ0n) is 17.3. The number of nitrogen functional groups attached to an aromatic ring is 1. The van der Waals surface area contributed by atoms with Crippen molar-refractivity contribution in [2.75, 3.05) is 18.8 Å². The van der Waals surface area contributed by atoms with Crippen LogP contribution in [0.25, 0.3) is 21.0 Å². The summed E-state index contributed by atoms with van der Waals surface area (Å²) in [5, 5.41) is 10.6. The molecule has 1 aliphatic heterocycles. The first-order chi connectivity index (χ1) is 14.5. The Morgan fingerprint density at radius 3 is 2.80 bits per heavy atom. The van der Waals surface area contributed by atoms with Crippen molar-refractivity contribution in [3.8, 4) is 26.8 Å². The van der Waals surface area contributed by atoms with Crippen molar-refractivity contribution in [2.45, 2.75) is 44.9 Å². The predicted octanol–water partition coefficient (Wildman–Crippen LogP) is 4.51. The lowest BCUT2D eigenvalue weighted by atomic mass is 9.99. The van der Waals surface area contributed by atoms with Gasteiger partial charge in [-0.1, -0.05) is 18.2 Å². The van der Waals surface area contributed by atoms with Crippen molar-refractivity contribution in [1.82, 2.24) is 9.88 Å². The molecule has 3 aromatic rings. The van der Waals surface area contributed by atoms with Gasteiger partial charge in [-0.25, -0.2) is 4.98 Å². The second kappa shape index (κ2) is 7.69. The van der Waals surface area contributed by atoms with Crippen LogP contribution < -0.4 is 10.5 Å². The van der Waals surface area contributed by atoms with Gasteiger partial charge in [-0.2, -0.15) is 0 Å². The van der Waals surface area contributed by atoms with Gasteiger partial charge in [0.15, 0.2) is 0 Å². The van der Waals surface area contributed by atoms with E-state index in [1.807, 2.05) is 38.2 Å². The number of thiazole rings is 1. The lowest BCUT2D eigenvalue weighted by molar-refractivity contribution is -0.0251. The highest BCUT2D eigenvalue weighted by atomic mass is 32.1. The fraction of sp³-hybridized carbons (Fsp3) is 0.375. The third-order valence-corrected chi connectivity index (χ3v) is 7.04. The van der Waals surface area contributed by atoms with Crippen LogP contribution in [0.4, 0.5) is 5.69 Å². The van der Waals surface area contributed by atoms with E-state index in [9.17, 15) is 5.11 Å². The molecule has 0 bridgehead atoms. The fourth-order valence-corrected chi connectivity index (χ4v) is 5.52. The van der Waals surface area contributed by atoms with Crippen molar-refractivity contribution in [3.63, 3.8) is 0 Å². The van der Waals surface area contributed by atoms with Crippen molar-refractivity contribution < 1.29 is 9.84 Å². The lowest BCUT2D eigenvalue weighted by Gasteiger charge is -2.40. The van der Waals surface area contributed by atoms with Crippen LogP contribution in [0.2, 0.25) is 0 Å². The zero-order chi connectivity index (χ0) is 20.8. The maximum Gasteiger partial charge on any atom is 0.142 e. The first-order valence-corrected chi connectivity index (χ1v) is 11.4. The standard InChI is InChI=1S/C24H27N3O2S/c1-14(2)29-22-9-6-15(10-20(22)25)24-26-11-23(30-24)19-5-3-4-18-17(19)7-8-21(18)27-12-16(28)13-27/h3-6,9-11,14,16,21,28H,7-8,12-13,25H2,1-2H3. The second-order valence-electron chi connectivity index (χ2n) is 8.48. The smallest absolute Gasteiger partial charge is 0.142 e. The van der Waals surface area contributed by atoms with Crippen LogP contribution >= 0.6 is 11.3 Å². The number of rotatable bonds is 5. The number of β-amino-alcohol motifs (C(OH)–C–C–N with tert-alkyl or cyclic N) is 1. The minimum Gasteiger partial charge on any atom is -0.489 e. The topological polar surface area (TPSA) is 71.6 Å². The summed E-state index contributed by atoms with van der Waals surface area (Å²) in [6.45, 7) is 5.56. The molecule has 1 fully saturated rings. The Morgan fingerprint density at radius 1 is 1.23 bits per heavy atom. The number of fused-ring (bicyclic) bond motifs is 1. The molecule has 1 atom stereocenters. The third kappa shape index (κ3) is 3.49. The van der Waals surface area contributed by atoms with Crippen LogP contribution in [0.1, 0.15) is 37.4 Å². The highest BCUT2D eigenvalue weighted by Crippen LogP contribution is 2.44. The first kappa shape index (κ1) is 19.5. The molecule has 0 amide bonds. The number of benzene rings is 2. The second-order valence-corrected chi connectivity index (χ2v) is 9.52. The Morgan fingerprint density at radius 2 is 2.07 bits per heavy atom. The summed E-state index contributed by atoms with van der Waals surface area (Å²) in [7, 11) is 0. The van der Waals surface area contributed by atoms with E-state index < -0.39 is 0 Å². The van der Waals surface area contributed by atoms with Gasteiger partial charge in [-0.15, -0.1) is 11.3 Å². The molecule has 1 unspecified atom stereocenters. The van der Waals surface area contributed by atoms with E-state index in [-0.39, 0.29) is 12.2 Å². The Hall–Kier alpha value is -2.41. The van der Waals surface area contributed by atoms with Crippen molar-refractivity contribution in [2.24, 2.45) is 0 Å². The number of nitrogens with two attached hydrogens (primary N) is 1. The van der Waals surface area contributed by atoms with Crippen molar-refractivity contribution in [3.05, 3.63) is 53.7 Å². The number of aliphatic hydroxyl groups excluding tert-OH is 1. The van der Waals surface area contributed by atoms with Gasteiger partial charge < -0.3 is 15.6 Å². The molecule has 0 spiro atoms. The average Bonchev–Trinajstić information content (AvgIpc) is 3.34. The molecule has 6 heteroatoms. The molecule has 0 saturated carbocycles. The largest absolute Gasteiger partial charge is 0.489 e. The van der Waals surface area contributed by atoms with Gasteiger partial charge >= 0.3 is 0 Å². The Labute approximate surface area is 181 Å². The molecule has 156 valence electrons. The summed E-state index contributed by atoms with van der Waals surface area (Å²) >= 11 is 1.70. The SMILES string of the molecule is CC(C)Oc1ccc(-c2ncc(-c3cccc4c3CCC4N3CC(O)C3)s2)cc1N. The number of likely N-dealkylation sites (tertiary alicyclic amines) is 1. The summed E-state index contributed by atoms with van der Waals surface area (Å²) in [5.74, 6) is 0.716. The maximum atomic E-state index is 9.68. The summed E-state index contributed by atoms with van der Waals surface area (Å²) < 4.78 is 5.75. The number of ether oxygens (including phenoxy) is 1. The molecule has 5 nitrogen and oxygen atoms in total. The van der Waals surface area contributed by atoms with Gasteiger partial charge in [0.2, 0.25) is 0 Å². The maximum absolute atomic E-state index is 9.68. The van der Waals surface area contributed by atoms with Crippen LogP contribution in [-0.2, 0) is 6.42 Å². The van der Waals surface area contributed by atoms with E-state index in [1.165, 1.54) is 21.6 Å². The molecule has 2 heterocycles. The molecule has 3 N–H and O–H groups in total. The van der Waals surface area contributed by atoms with Gasteiger partial charge in [-0.05, 0) is 61.6 Å². The minimum absolute atomic E-state index is 0.0909. The molecular formula is C24H27N3O2S. The molecular weight excluding hydrogens is 394 g/mol. The fourth-order valence-electron chi connectivity index (χ4n) is 4.56. The summed E-state index contributed by atoms with van der Waals surface area (Å²) in [6.07, 6.45) is 4.10. The van der Waals surface area contributed by atoms with E-state index in [0.29, 0.717) is 17.5 Å². The van der Waals surface area contributed by atoms with Crippen LogP contribution in [-0.4, -0.2) is 40.3 Å². The van der Waals surface area contributed by atoms with Gasteiger partial charge in [0.25, 0.3) is 0 Å². The highest BCUT2D eigenvalue weighted by molar-refractivity contribution is 7.18. The Balaban J connectivity index is 1.42. The van der Waals surface area contributed by atoms with Crippen LogP contribution in [0.5, 0.6) is 5.75 Å². The normalized spacial score (nSPS) is 19.1. The van der Waals surface area contributed by atoms with Gasteiger partial charge in [-0.3, -0.25) is 4.90 Å². The van der Waals surface area contributed by atoms with Crippen LogP contribution in [0.3, 0.4) is 0 Å². The van der Waals surface area contributed by atoms with E-state index in [2.05, 4.69) is 23.1 Å². The number of hydrogen-bond acceptors (Lipinski definition) is 6. The van der Waals surface area contributed by atoms with Gasteiger partial charge in [0.05, 0.1) is 22.8 Å². The summed E-state index contributed by atoms with van der Waals surface area (Å²) in [6, 6.07) is 12.9. The van der Waals surface area contributed by atoms with E-state index >= 15 is 0 Å². The number of nitrogens with zero attached hydrogens (tertiary/aromatic N) is 2. The van der Waals surface area contributed by atoms with Crippen molar-refractivity contribution in [1.29, 1.82) is 0 Å². The summed E-state index contributed by atoms with van der Waals surface area (Å²) in [5.41, 5.74) is 12.0. The molecule has 0 radical (unpaired) electrons. The molecule has 1 aliphatic carbocycles. The number of aliphatic hydroxyl groups is 1. The van der Waals surface area contributed by atoms with Crippen LogP contribution in [0, 0.1) is 0 Å². The monoisotopic (exact) mass is 421 g/mol. The van der Waals surface area contributed by atoms with E-state index in [4.69, 9.17) is 15.5 Å². The molecule has 2 aromatic carbocycles. The average molecular weight is 422 g/mol. The zero-order valence-corrected chi connectivity index (χ0v) is 18.2. The molecule has 5 rings (SSSR count). The molecule has 2 aliphatic rings. The minimum atomic E-state index is -0.161. The number of anilines is 1. The van der Waals surface area contributed by atoms with Gasteiger partial charge in [0.1, 0.15) is 10.8 Å². The quantitative estimate of drug-likeness (QED) is 0.593. The third-order valence-electron chi connectivity index (χ3n) is 5.96. The molecule has 30 heavy (non-hydrogen) atoms. The lowest BCUT2D eigenvalue weighted by Crippen LogP contribution is -2.51. The first-order valence-electron chi connectivity index (χ1n) is 10.6. The van der Waals surface area contributed by atoms with Crippen molar-refractivity contribution >= 4 is 17.0 Å². The van der Waals surface area contributed by atoms with E-state index in [0.717, 1.165) is 36.5 Å². The predicted molar refractivity (Wildman–Crippen MR) is 122 cm³/mol. The Bertz CT molecular complexity index is 1070. The van der Waals surface area contributed by atoms with E-state index in [1.54, 1.807) is 11.3 Å². The number of aromatic nitrogens is 1.